The van der Waals surface area contributed by atoms with Gasteiger partial charge in [-0.1, -0.05) is 36.4 Å². The van der Waals surface area contributed by atoms with Crippen molar-refractivity contribution in [2.75, 3.05) is 5.73 Å². The Balaban J connectivity index is 2.25. The van der Waals surface area contributed by atoms with Crippen molar-refractivity contribution in [3.63, 3.8) is 0 Å². The first-order valence-electron chi connectivity index (χ1n) is 6.06. The molecule has 4 heteroatoms. The van der Waals surface area contributed by atoms with Crippen molar-refractivity contribution < 1.29 is 0 Å². The van der Waals surface area contributed by atoms with Crippen LogP contribution in [0.4, 0.5) is 5.82 Å². The summed E-state index contributed by atoms with van der Waals surface area (Å²) in [4.78, 5) is 4.36. The topological polar surface area (TPSA) is 56.7 Å². The van der Waals surface area contributed by atoms with Crippen molar-refractivity contribution in [3.05, 3.63) is 54.7 Å². The average Bonchev–Trinajstić information content (AvgIpc) is 2.77. The van der Waals surface area contributed by atoms with Gasteiger partial charge < -0.3 is 5.73 Å². The summed E-state index contributed by atoms with van der Waals surface area (Å²) in [6.45, 7) is 0. The van der Waals surface area contributed by atoms with Gasteiger partial charge in [-0.25, -0.2) is 0 Å². The molecule has 0 unspecified atom stereocenters. The van der Waals surface area contributed by atoms with E-state index in [-0.39, 0.29) is 0 Å². The molecule has 0 aliphatic rings. The quantitative estimate of drug-likeness (QED) is 0.760. The summed E-state index contributed by atoms with van der Waals surface area (Å²) >= 11 is 0. The molecule has 0 atom stereocenters. The van der Waals surface area contributed by atoms with Crippen molar-refractivity contribution in [1.29, 1.82) is 0 Å². The number of nitrogens with two attached hydrogens (primary N) is 1. The lowest BCUT2D eigenvalue weighted by molar-refractivity contribution is 0.781. The molecule has 2 heterocycles. The van der Waals surface area contributed by atoms with E-state index in [4.69, 9.17) is 5.73 Å². The highest BCUT2D eigenvalue weighted by Crippen LogP contribution is 2.34. The third-order valence-electron chi connectivity index (χ3n) is 3.06. The van der Waals surface area contributed by atoms with Gasteiger partial charge in [0.25, 0.3) is 0 Å². The van der Waals surface area contributed by atoms with Crippen molar-refractivity contribution in [1.82, 2.24) is 14.8 Å². The number of pyridine rings is 1. The molecule has 2 N–H and O–H groups in total. The van der Waals surface area contributed by atoms with Gasteiger partial charge in [-0.05, 0) is 17.7 Å². The maximum absolute atomic E-state index is 6.15. The standard InChI is InChI=1S/C15H14N4/c1-19-15(16)13(11-7-3-2-4-8-11)14(18-19)12-9-5-6-10-17-12/h2-10H,16H2,1H3. The van der Waals surface area contributed by atoms with Crippen LogP contribution in [-0.2, 0) is 7.05 Å². The number of hydrogen-bond donors (Lipinski definition) is 1. The summed E-state index contributed by atoms with van der Waals surface area (Å²) < 4.78 is 1.69. The van der Waals surface area contributed by atoms with E-state index in [2.05, 4.69) is 10.1 Å². The number of aromatic nitrogens is 3. The number of nitrogens with zero attached hydrogens (tertiary/aromatic N) is 3. The first-order chi connectivity index (χ1) is 9.27. The van der Waals surface area contributed by atoms with Crippen LogP contribution in [0.5, 0.6) is 0 Å². The molecule has 2 aromatic heterocycles. The molecule has 3 aromatic rings. The first-order valence-corrected chi connectivity index (χ1v) is 6.06. The molecule has 0 bridgehead atoms. The molecule has 0 aliphatic carbocycles. The van der Waals surface area contributed by atoms with Gasteiger partial charge in [-0.15, -0.1) is 0 Å². The summed E-state index contributed by atoms with van der Waals surface area (Å²) in [7, 11) is 1.84. The highest BCUT2D eigenvalue weighted by atomic mass is 15.3. The second-order valence-electron chi connectivity index (χ2n) is 4.31. The van der Waals surface area contributed by atoms with E-state index in [1.165, 1.54) is 0 Å². The summed E-state index contributed by atoms with van der Waals surface area (Å²) in [5.41, 5.74) is 9.77. The molecule has 4 nitrogen and oxygen atoms in total. The summed E-state index contributed by atoms with van der Waals surface area (Å²) in [5.74, 6) is 0.645. The minimum atomic E-state index is 0.645. The molecule has 0 saturated carbocycles. The Hall–Kier alpha value is -2.62. The fraction of sp³-hybridized carbons (Fsp3) is 0.0667. The van der Waals surface area contributed by atoms with Gasteiger partial charge >= 0.3 is 0 Å². The Bertz CT molecular complexity index is 687. The molecule has 0 spiro atoms. The predicted molar refractivity (Wildman–Crippen MR) is 76.3 cm³/mol. The zero-order valence-electron chi connectivity index (χ0n) is 10.6. The van der Waals surface area contributed by atoms with Crippen LogP contribution in [0.2, 0.25) is 0 Å². The minimum Gasteiger partial charge on any atom is -0.383 e. The average molecular weight is 250 g/mol. The highest BCUT2D eigenvalue weighted by molar-refractivity contribution is 5.86. The minimum absolute atomic E-state index is 0.645. The molecule has 1 aromatic carbocycles. The Morgan fingerprint density at radius 1 is 1.00 bits per heavy atom. The van der Waals surface area contributed by atoms with E-state index in [0.29, 0.717) is 5.82 Å². The first kappa shape index (κ1) is 11.5. The lowest BCUT2D eigenvalue weighted by Gasteiger charge is -2.03. The van der Waals surface area contributed by atoms with E-state index in [1.54, 1.807) is 10.9 Å². The molecular formula is C15H14N4. The van der Waals surface area contributed by atoms with E-state index >= 15 is 0 Å². The van der Waals surface area contributed by atoms with Crippen LogP contribution < -0.4 is 5.73 Å². The Kier molecular flexibility index (Phi) is 2.76. The van der Waals surface area contributed by atoms with Crippen LogP contribution in [0.3, 0.4) is 0 Å². The normalized spacial score (nSPS) is 10.6. The van der Waals surface area contributed by atoms with Crippen molar-refractivity contribution >= 4 is 5.82 Å². The number of aryl methyl sites for hydroxylation is 1. The lowest BCUT2D eigenvalue weighted by Crippen LogP contribution is -1.97. The largest absolute Gasteiger partial charge is 0.383 e. The van der Waals surface area contributed by atoms with Gasteiger partial charge in [0.1, 0.15) is 11.5 Å². The van der Waals surface area contributed by atoms with Crippen molar-refractivity contribution in [2.24, 2.45) is 7.05 Å². The second-order valence-corrected chi connectivity index (χ2v) is 4.31. The molecule has 94 valence electrons. The van der Waals surface area contributed by atoms with Crippen LogP contribution in [0.1, 0.15) is 0 Å². The molecule has 0 saturated heterocycles. The highest BCUT2D eigenvalue weighted by Gasteiger charge is 2.17. The van der Waals surface area contributed by atoms with Crippen LogP contribution in [0.15, 0.2) is 54.7 Å². The number of rotatable bonds is 2. The van der Waals surface area contributed by atoms with Crippen LogP contribution in [0, 0.1) is 0 Å². The number of anilines is 1. The van der Waals surface area contributed by atoms with E-state index in [1.807, 2.05) is 55.6 Å². The van der Waals surface area contributed by atoms with Crippen LogP contribution in [-0.4, -0.2) is 14.8 Å². The number of nitrogen functional groups attached to an aromatic ring is 1. The zero-order chi connectivity index (χ0) is 13.2. The predicted octanol–water partition coefficient (Wildman–Crippen LogP) is 2.73. The van der Waals surface area contributed by atoms with Gasteiger partial charge in [-0.3, -0.25) is 9.67 Å². The van der Waals surface area contributed by atoms with Gasteiger partial charge in [0.05, 0.1) is 11.3 Å². The molecule has 0 fully saturated rings. The molecular weight excluding hydrogens is 236 g/mol. The van der Waals surface area contributed by atoms with Crippen molar-refractivity contribution in [3.8, 4) is 22.5 Å². The number of benzene rings is 1. The Morgan fingerprint density at radius 2 is 1.74 bits per heavy atom. The van der Waals surface area contributed by atoms with Crippen LogP contribution in [0.25, 0.3) is 22.5 Å². The fourth-order valence-electron chi connectivity index (χ4n) is 2.11. The second kappa shape index (κ2) is 4.57. The third kappa shape index (κ3) is 1.97. The lowest BCUT2D eigenvalue weighted by atomic mass is 10.0. The fourth-order valence-corrected chi connectivity index (χ4v) is 2.11. The monoisotopic (exact) mass is 250 g/mol. The smallest absolute Gasteiger partial charge is 0.129 e. The summed E-state index contributed by atoms with van der Waals surface area (Å²) in [6.07, 6.45) is 1.76. The Labute approximate surface area is 111 Å². The van der Waals surface area contributed by atoms with E-state index in [9.17, 15) is 0 Å². The molecule has 19 heavy (non-hydrogen) atoms. The Morgan fingerprint density at radius 3 is 2.42 bits per heavy atom. The molecule has 0 aliphatic heterocycles. The number of hydrogen-bond acceptors (Lipinski definition) is 3. The maximum Gasteiger partial charge on any atom is 0.129 e. The summed E-state index contributed by atoms with van der Waals surface area (Å²) in [6, 6.07) is 15.8. The maximum atomic E-state index is 6.15. The SMILES string of the molecule is Cn1nc(-c2ccccn2)c(-c2ccccc2)c1N. The third-order valence-corrected chi connectivity index (χ3v) is 3.06. The van der Waals surface area contributed by atoms with Crippen molar-refractivity contribution in [2.45, 2.75) is 0 Å². The van der Waals surface area contributed by atoms with Gasteiger partial charge in [0, 0.05) is 13.2 Å². The zero-order valence-corrected chi connectivity index (χ0v) is 10.6. The van der Waals surface area contributed by atoms with Gasteiger partial charge in [0.2, 0.25) is 0 Å². The summed E-state index contributed by atoms with van der Waals surface area (Å²) in [5, 5.41) is 4.49. The van der Waals surface area contributed by atoms with Crippen LogP contribution >= 0.6 is 0 Å². The molecule has 3 rings (SSSR count). The van der Waals surface area contributed by atoms with E-state index in [0.717, 1.165) is 22.5 Å². The molecule has 0 radical (unpaired) electrons. The van der Waals surface area contributed by atoms with Gasteiger partial charge in [-0.2, -0.15) is 5.10 Å². The van der Waals surface area contributed by atoms with Gasteiger partial charge in [0.15, 0.2) is 0 Å². The van der Waals surface area contributed by atoms with E-state index < -0.39 is 0 Å². The molecule has 0 amide bonds.